The summed E-state index contributed by atoms with van der Waals surface area (Å²) in [6, 6.07) is 8.71. The zero-order valence-electron chi connectivity index (χ0n) is 16.2. The van der Waals surface area contributed by atoms with Gasteiger partial charge in [-0.15, -0.1) is 0 Å². The Morgan fingerprint density at radius 3 is 2.43 bits per heavy atom. The van der Waals surface area contributed by atoms with Crippen LogP contribution in [0.25, 0.3) is 0 Å². The first-order chi connectivity index (χ1) is 14.1. The second kappa shape index (κ2) is 9.02. The quantitative estimate of drug-likeness (QED) is 0.586. The Hall–Kier alpha value is -1.99. The molecule has 1 atom stereocenters. The van der Waals surface area contributed by atoms with Gasteiger partial charge >= 0.3 is 0 Å². The summed E-state index contributed by atoms with van der Waals surface area (Å²) in [5.74, 6) is -0.359. The molecule has 12 heteroatoms. The summed E-state index contributed by atoms with van der Waals surface area (Å²) < 4.78 is 49.4. The maximum Gasteiger partial charge on any atom is 0.244 e. The molecule has 0 saturated carbocycles. The fraction of sp³-hybridized carbons (Fsp3) is 0.333. The predicted molar refractivity (Wildman–Crippen MR) is 114 cm³/mol. The number of anilines is 1. The Balaban J connectivity index is 1.64. The molecule has 2 heterocycles. The molecule has 0 bridgehead atoms. The van der Waals surface area contributed by atoms with Gasteiger partial charge in [0, 0.05) is 25.0 Å². The number of nitrogens with one attached hydrogen (secondary N) is 1. The lowest BCUT2D eigenvalue weighted by Gasteiger charge is -2.15. The van der Waals surface area contributed by atoms with E-state index in [9.17, 15) is 21.6 Å². The molecular formula is C18H22N4O5S3. The van der Waals surface area contributed by atoms with E-state index in [0.29, 0.717) is 23.8 Å². The third-order valence-electron chi connectivity index (χ3n) is 4.51. The molecule has 3 N–H and O–H groups in total. The molecule has 1 aromatic heterocycles. The van der Waals surface area contributed by atoms with E-state index in [1.165, 1.54) is 34.8 Å². The fourth-order valence-electron chi connectivity index (χ4n) is 2.90. The number of nitrogens with zero attached hydrogens (tertiary/aromatic N) is 2. The lowest BCUT2D eigenvalue weighted by Crippen LogP contribution is -2.28. The van der Waals surface area contributed by atoms with Gasteiger partial charge in [0.2, 0.25) is 26.0 Å². The van der Waals surface area contributed by atoms with Crippen molar-refractivity contribution in [3.05, 3.63) is 42.6 Å². The molecule has 0 radical (unpaired) electrons. The van der Waals surface area contributed by atoms with Gasteiger partial charge < -0.3 is 5.32 Å². The third kappa shape index (κ3) is 5.38. The van der Waals surface area contributed by atoms with E-state index in [1.807, 2.05) is 0 Å². The number of pyridine rings is 1. The summed E-state index contributed by atoms with van der Waals surface area (Å²) in [4.78, 5) is 16.6. The van der Waals surface area contributed by atoms with Gasteiger partial charge in [-0.2, -0.15) is 4.31 Å². The van der Waals surface area contributed by atoms with Gasteiger partial charge in [-0.05, 0) is 50.1 Å². The van der Waals surface area contributed by atoms with Crippen LogP contribution < -0.4 is 10.5 Å². The Morgan fingerprint density at radius 2 is 1.83 bits per heavy atom. The maximum atomic E-state index is 12.5. The molecule has 0 spiro atoms. The van der Waals surface area contributed by atoms with Crippen molar-refractivity contribution in [1.29, 1.82) is 0 Å². The normalized spacial score (nSPS) is 16.3. The van der Waals surface area contributed by atoms with E-state index in [2.05, 4.69) is 10.3 Å². The smallest absolute Gasteiger partial charge is 0.244 e. The number of aromatic nitrogens is 1. The Bertz CT molecular complexity index is 1130. The Morgan fingerprint density at radius 1 is 1.13 bits per heavy atom. The number of benzene rings is 1. The number of carbonyl (C=O) groups excluding carboxylic acids is 1. The van der Waals surface area contributed by atoms with Crippen molar-refractivity contribution in [2.75, 3.05) is 18.4 Å². The molecule has 3 rings (SSSR count). The number of amides is 1. The lowest BCUT2D eigenvalue weighted by atomic mass is 10.3. The molecule has 1 aromatic carbocycles. The average Bonchev–Trinajstić information content (AvgIpc) is 3.23. The van der Waals surface area contributed by atoms with Gasteiger partial charge in [-0.1, -0.05) is 17.8 Å². The standard InChI is InChI=1S/C18H22N4O5S3/c1-13(18(23)21-14-5-4-6-15(11-14)29(19,24)25)28-17-8-7-16(12-20-17)30(26,27)22-9-2-3-10-22/h4-8,11-13H,2-3,9-10H2,1H3,(H,21,23)(H2,19,24,25). The predicted octanol–water partition coefficient (Wildman–Crippen LogP) is 1.63. The number of sulfonamides is 2. The molecule has 1 aliphatic rings. The van der Waals surface area contributed by atoms with Crippen LogP contribution in [0.2, 0.25) is 0 Å². The second-order valence-electron chi connectivity index (χ2n) is 6.77. The van der Waals surface area contributed by atoms with Gasteiger partial charge in [-0.25, -0.2) is 27.0 Å². The molecule has 1 amide bonds. The van der Waals surface area contributed by atoms with Gasteiger partial charge in [0.15, 0.2) is 0 Å². The van der Waals surface area contributed by atoms with Crippen LogP contribution in [0, 0.1) is 0 Å². The van der Waals surface area contributed by atoms with Gasteiger partial charge in [0.1, 0.15) is 4.90 Å². The largest absolute Gasteiger partial charge is 0.325 e. The van der Waals surface area contributed by atoms with E-state index < -0.39 is 25.3 Å². The highest BCUT2D eigenvalue weighted by atomic mass is 32.2. The van der Waals surface area contributed by atoms with E-state index in [0.717, 1.165) is 24.6 Å². The number of carbonyl (C=O) groups is 1. The zero-order valence-corrected chi connectivity index (χ0v) is 18.6. The number of hydrogen-bond donors (Lipinski definition) is 2. The van der Waals surface area contributed by atoms with Crippen molar-refractivity contribution in [1.82, 2.24) is 9.29 Å². The first kappa shape index (κ1) is 22.7. The summed E-state index contributed by atoms with van der Waals surface area (Å²) in [5, 5.41) is 7.68. The summed E-state index contributed by atoms with van der Waals surface area (Å²) >= 11 is 1.16. The Kier molecular flexibility index (Phi) is 6.82. The molecular weight excluding hydrogens is 448 g/mol. The van der Waals surface area contributed by atoms with E-state index in [-0.39, 0.29) is 15.7 Å². The van der Waals surface area contributed by atoms with Crippen LogP contribution in [0.3, 0.4) is 0 Å². The van der Waals surface area contributed by atoms with E-state index in [1.54, 1.807) is 19.1 Å². The van der Waals surface area contributed by atoms with Crippen molar-refractivity contribution in [2.24, 2.45) is 5.14 Å². The lowest BCUT2D eigenvalue weighted by molar-refractivity contribution is -0.115. The minimum Gasteiger partial charge on any atom is -0.325 e. The van der Waals surface area contributed by atoms with Crippen molar-refractivity contribution < 1.29 is 21.6 Å². The minimum atomic E-state index is -3.87. The summed E-state index contributed by atoms with van der Waals surface area (Å²) in [7, 11) is -7.41. The van der Waals surface area contributed by atoms with Crippen molar-refractivity contribution in [3.8, 4) is 0 Å². The monoisotopic (exact) mass is 470 g/mol. The first-order valence-electron chi connectivity index (χ1n) is 9.14. The number of thioether (sulfide) groups is 1. The minimum absolute atomic E-state index is 0.0999. The van der Waals surface area contributed by atoms with Gasteiger partial charge in [0.25, 0.3) is 0 Å². The van der Waals surface area contributed by atoms with Crippen LogP contribution in [-0.2, 0) is 24.8 Å². The van der Waals surface area contributed by atoms with Crippen LogP contribution in [0.15, 0.2) is 57.4 Å². The molecule has 1 saturated heterocycles. The van der Waals surface area contributed by atoms with Gasteiger partial charge in [-0.3, -0.25) is 4.79 Å². The highest BCUT2D eigenvalue weighted by Crippen LogP contribution is 2.25. The number of hydrogen-bond acceptors (Lipinski definition) is 7. The average molecular weight is 471 g/mol. The van der Waals surface area contributed by atoms with Crippen LogP contribution in [0.5, 0.6) is 0 Å². The molecule has 1 aliphatic heterocycles. The zero-order chi connectivity index (χ0) is 21.9. The van der Waals surface area contributed by atoms with E-state index >= 15 is 0 Å². The topological polar surface area (TPSA) is 140 Å². The maximum absolute atomic E-state index is 12.5. The molecule has 1 unspecified atom stereocenters. The number of rotatable bonds is 7. The van der Waals surface area contributed by atoms with E-state index in [4.69, 9.17) is 5.14 Å². The van der Waals surface area contributed by atoms with Crippen LogP contribution >= 0.6 is 11.8 Å². The van der Waals surface area contributed by atoms with Gasteiger partial charge in [0.05, 0.1) is 15.2 Å². The molecule has 0 aliphatic carbocycles. The fourth-order valence-corrected chi connectivity index (χ4v) is 5.71. The number of primary sulfonamides is 1. The highest BCUT2D eigenvalue weighted by molar-refractivity contribution is 8.00. The van der Waals surface area contributed by atoms with Crippen LogP contribution in [-0.4, -0.2) is 50.4 Å². The molecule has 162 valence electrons. The van der Waals surface area contributed by atoms with Crippen molar-refractivity contribution in [2.45, 2.75) is 39.8 Å². The summed E-state index contributed by atoms with van der Waals surface area (Å²) in [5.41, 5.74) is 0.305. The molecule has 9 nitrogen and oxygen atoms in total. The van der Waals surface area contributed by atoms with Crippen molar-refractivity contribution >= 4 is 43.4 Å². The summed E-state index contributed by atoms with van der Waals surface area (Å²) in [6.45, 7) is 2.70. The summed E-state index contributed by atoms with van der Waals surface area (Å²) in [6.07, 6.45) is 3.01. The molecule has 2 aromatic rings. The second-order valence-corrected chi connectivity index (χ2v) is 11.6. The Labute approximate surface area is 180 Å². The van der Waals surface area contributed by atoms with Crippen molar-refractivity contribution in [3.63, 3.8) is 0 Å². The third-order valence-corrected chi connectivity index (χ3v) is 8.35. The molecule has 30 heavy (non-hydrogen) atoms. The SMILES string of the molecule is CC(Sc1ccc(S(=O)(=O)N2CCCC2)cn1)C(=O)Nc1cccc(S(N)(=O)=O)c1. The molecule has 1 fully saturated rings. The van der Waals surface area contributed by atoms with Crippen LogP contribution in [0.1, 0.15) is 19.8 Å². The first-order valence-corrected chi connectivity index (χ1v) is 13.0. The highest BCUT2D eigenvalue weighted by Gasteiger charge is 2.27. The number of nitrogens with two attached hydrogens (primary N) is 1. The van der Waals surface area contributed by atoms with Crippen LogP contribution in [0.4, 0.5) is 5.69 Å².